The van der Waals surface area contributed by atoms with Crippen molar-refractivity contribution in [1.82, 2.24) is 15.5 Å². The number of carbonyl (C=O) groups excluding carboxylic acids is 2. The molecule has 2 aromatic carbocycles. The first-order valence-electron chi connectivity index (χ1n) is 8.98. The van der Waals surface area contributed by atoms with Crippen LogP contribution in [0, 0.1) is 6.92 Å². The average Bonchev–Trinajstić information content (AvgIpc) is 2.66. The second-order valence-corrected chi connectivity index (χ2v) is 6.86. The number of nitrogens with one attached hydrogen (secondary N) is 2. The van der Waals surface area contributed by atoms with Gasteiger partial charge in [0.15, 0.2) is 0 Å². The molecule has 0 saturated heterocycles. The van der Waals surface area contributed by atoms with Crippen LogP contribution in [-0.2, 0) is 11.3 Å². The summed E-state index contributed by atoms with van der Waals surface area (Å²) < 4.78 is 0. The van der Waals surface area contributed by atoms with Crippen LogP contribution in [0.15, 0.2) is 48.5 Å². The molecule has 2 amide bonds. The van der Waals surface area contributed by atoms with E-state index in [0.717, 1.165) is 23.2 Å². The van der Waals surface area contributed by atoms with Gasteiger partial charge in [0.05, 0.1) is 0 Å². The van der Waals surface area contributed by atoms with Crippen LogP contribution in [0.3, 0.4) is 0 Å². The van der Waals surface area contributed by atoms with Gasteiger partial charge in [0.2, 0.25) is 5.91 Å². The van der Waals surface area contributed by atoms with Crippen molar-refractivity contribution < 1.29 is 9.59 Å². The summed E-state index contributed by atoms with van der Waals surface area (Å²) in [5.74, 6) is -0.335. The summed E-state index contributed by atoms with van der Waals surface area (Å²) in [7, 11) is 3.92. The van der Waals surface area contributed by atoms with E-state index in [0.29, 0.717) is 18.7 Å². The number of benzene rings is 2. The van der Waals surface area contributed by atoms with Gasteiger partial charge in [0, 0.05) is 25.2 Å². The molecule has 0 fully saturated rings. The summed E-state index contributed by atoms with van der Waals surface area (Å²) >= 11 is 0. The minimum Gasteiger partial charge on any atom is -0.351 e. The first kappa shape index (κ1) is 20.6. The lowest BCUT2D eigenvalue weighted by atomic mass is 10.1. The van der Waals surface area contributed by atoms with Crippen molar-refractivity contribution in [2.75, 3.05) is 27.2 Å². The Hall–Kier alpha value is -2.70. The zero-order chi connectivity index (χ0) is 19.8. The van der Waals surface area contributed by atoms with Gasteiger partial charge in [-0.15, -0.1) is 0 Å². The molecule has 144 valence electrons. The van der Waals surface area contributed by atoms with Gasteiger partial charge in [0.1, 0.15) is 6.04 Å². The summed E-state index contributed by atoms with van der Waals surface area (Å²) in [6.07, 6.45) is 0. The van der Waals surface area contributed by atoms with Crippen LogP contribution in [0.25, 0.3) is 0 Å². The quantitative estimate of drug-likeness (QED) is 0.660. The van der Waals surface area contributed by atoms with Gasteiger partial charge in [-0.1, -0.05) is 42.0 Å². The van der Waals surface area contributed by atoms with Crippen LogP contribution in [0.4, 0.5) is 0 Å². The number of nitrogens with zero attached hydrogens (tertiary/aromatic N) is 1. The standard InChI is InChI=1S/C21H28N4O2/c1-15-4-8-17(9-5-15)19(22)21(27)24-14-16-6-10-18(11-7-16)20(26)23-12-13-25(2)3/h4-11,19H,12-14,22H2,1-3H3,(H,23,26)(H,24,27). The van der Waals surface area contributed by atoms with Crippen molar-refractivity contribution in [3.8, 4) is 0 Å². The molecule has 6 nitrogen and oxygen atoms in total. The minimum absolute atomic E-state index is 0.103. The van der Waals surface area contributed by atoms with Gasteiger partial charge >= 0.3 is 0 Å². The van der Waals surface area contributed by atoms with Crippen molar-refractivity contribution >= 4 is 11.8 Å². The lowest BCUT2D eigenvalue weighted by molar-refractivity contribution is -0.122. The zero-order valence-corrected chi connectivity index (χ0v) is 16.2. The Bertz CT molecular complexity index is 755. The van der Waals surface area contributed by atoms with E-state index in [1.807, 2.05) is 62.3 Å². The molecule has 0 aliphatic rings. The Morgan fingerprint density at radius 1 is 1.00 bits per heavy atom. The molecule has 6 heteroatoms. The Morgan fingerprint density at radius 2 is 1.63 bits per heavy atom. The van der Waals surface area contributed by atoms with Gasteiger partial charge < -0.3 is 21.3 Å². The normalized spacial score (nSPS) is 11.9. The van der Waals surface area contributed by atoms with Gasteiger partial charge in [-0.05, 0) is 44.3 Å². The second-order valence-electron chi connectivity index (χ2n) is 6.86. The average molecular weight is 368 g/mol. The molecule has 4 N–H and O–H groups in total. The molecule has 0 aliphatic heterocycles. The number of rotatable bonds is 8. The molecule has 0 bridgehead atoms. The van der Waals surface area contributed by atoms with E-state index in [2.05, 4.69) is 10.6 Å². The van der Waals surface area contributed by atoms with Crippen molar-refractivity contribution in [1.29, 1.82) is 0 Å². The SMILES string of the molecule is Cc1ccc(C(N)C(=O)NCc2ccc(C(=O)NCCN(C)C)cc2)cc1. The number of likely N-dealkylation sites (N-methyl/N-ethyl adjacent to an activating group) is 1. The largest absolute Gasteiger partial charge is 0.351 e. The van der Waals surface area contributed by atoms with E-state index >= 15 is 0 Å². The summed E-state index contributed by atoms with van der Waals surface area (Å²) in [5.41, 5.74) is 9.42. The molecule has 0 aliphatic carbocycles. The Morgan fingerprint density at radius 3 is 2.22 bits per heavy atom. The molecule has 1 unspecified atom stereocenters. The van der Waals surface area contributed by atoms with E-state index < -0.39 is 6.04 Å². The van der Waals surface area contributed by atoms with Gasteiger partial charge in [-0.2, -0.15) is 0 Å². The van der Waals surface area contributed by atoms with Crippen LogP contribution < -0.4 is 16.4 Å². The fourth-order valence-corrected chi connectivity index (χ4v) is 2.49. The van der Waals surface area contributed by atoms with Crippen molar-refractivity contribution in [2.24, 2.45) is 5.73 Å². The van der Waals surface area contributed by atoms with Crippen LogP contribution in [0.2, 0.25) is 0 Å². The fourth-order valence-electron chi connectivity index (χ4n) is 2.49. The predicted octanol–water partition coefficient (Wildman–Crippen LogP) is 1.60. The van der Waals surface area contributed by atoms with Crippen molar-refractivity contribution in [3.05, 3.63) is 70.8 Å². The van der Waals surface area contributed by atoms with Gasteiger partial charge in [0.25, 0.3) is 5.91 Å². The number of hydrogen-bond donors (Lipinski definition) is 3. The molecule has 0 aromatic heterocycles. The monoisotopic (exact) mass is 368 g/mol. The second kappa shape index (κ2) is 9.85. The molecule has 27 heavy (non-hydrogen) atoms. The van der Waals surface area contributed by atoms with E-state index in [4.69, 9.17) is 5.73 Å². The highest BCUT2D eigenvalue weighted by Crippen LogP contribution is 2.12. The number of hydrogen-bond acceptors (Lipinski definition) is 4. The van der Waals surface area contributed by atoms with Gasteiger partial charge in [-0.3, -0.25) is 9.59 Å². The summed E-state index contributed by atoms with van der Waals surface area (Å²) in [5, 5.41) is 5.71. The maximum absolute atomic E-state index is 12.2. The topological polar surface area (TPSA) is 87.5 Å². The summed E-state index contributed by atoms with van der Waals surface area (Å²) in [6.45, 7) is 3.74. The predicted molar refractivity (Wildman–Crippen MR) is 107 cm³/mol. The number of amides is 2. The minimum atomic E-state index is -0.702. The Balaban J connectivity index is 1.84. The van der Waals surface area contributed by atoms with Crippen molar-refractivity contribution in [2.45, 2.75) is 19.5 Å². The lowest BCUT2D eigenvalue weighted by Gasteiger charge is -2.13. The van der Waals surface area contributed by atoms with E-state index in [-0.39, 0.29) is 11.8 Å². The first-order chi connectivity index (χ1) is 12.9. The number of aryl methyl sites for hydroxylation is 1. The first-order valence-corrected chi connectivity index (χ1v) is 8.98. The van der Waals surface area contributed by atoms with Crippen LogP contribution in [0.1, 0.15) is 33.1 Å². The molecular formula is C21H28N4O2. The molecule has 1 atom stereocenters. The molecule has 0 heterocycles. The maximum Gasteiger partial charge on any atom is 0.251 e. The zero-order valence-electron chi connectivity index (χ0n) is 16.2. The lowest BCUT2D eigenvalue weighted by Crippen LogP contribution is -2.33. The highest BCUT2D eigenvalue weighted by Gasteiger charge is 2.15. The number of carbonyl (C=O) groups is 2. The molecule has 2 aromatic rings. The fraction of sp³-hybridized carbons (Fsp3) is 0.333. The molecule has 2 rings (SSSR count). The van der Waals surface area contributed by atoms with E-state index in [9.17, 15) is 9.59 Å². The third-order valence-electron chi connectivity index (χ3n) is 4.25. The highest BCUT2D eigenvalue weighted by molar-refractivity contribution is 5.94. The van der Waals surface area contributed by atoms with Crippen LogP contribution >= 0.6 is 0 Å². The molecule has 0 saturated carbocycles. The van der Waals surface area contributed by atoms with Crippen LogP contribution in [-0.4, -0.2) is 43.9 Å². The Labute approximate surface area is 160 Å². The van der Waals surface area contributed by atoms with Crippen molar-refractivity contribution in [3.63, 3.8) is 0 Å². The molecule has 0 spiro atoms. The smallest absolute Gasteiger partial charge is 0.251 e. The third kappa shape index (κ3) is 6.51. The molecular weight excluding hydrogens is 340 g/mol. The third-order valence-corrected chi connectivity index (χ3v) is 4.25. The molecule has 0 radical (unpaired) electrons. The maximum atomic E-state index is 12.2. The number of nitrogens with two attached hydrogens (primary N) is 1. The highest BCUT2D eigenvalue weighted by atomic mass is 16.2. The summed E-state index contributed by atoms with van der Waals surface area (Å²) in [4.78, 5) is 26.3. The van der Waals surface area contributed by atoms with Gasteiger partial charge in [-0.25, -0.2) is 0 Å². The van der Waals surface area contributed by atoms with E-state index in [1.54, 1.807) is 12.1 Å². The van der Waals surface area contributed by atoms with E-state index in [1.165, 1.54) is 0 Å². The Kier molecular flexibility index (Phi) is 7.52. The van der Waals surface area contributed by atoms with Crippen LogP contribution in [0.5, 0.6) is 0 Å². The summed E-state index contributed by atoms with van der Waals surface area (Å²) in [6, 6.07) is 14.1.